The summed E-state index contributed by atoms with van der Waals surface area (Å²) in [7, 11) is 0. The van der Waals surface area contributed by atoms with E-state index in [1.807, 2.05) is 18.7 Å². The smallest absolute Gasteiger partial charge is 0.240 e. The van der Waals surface area contributed by atoms with Gasteiger partial charge in [0, 0.05) is 13.1 Å². The molecule has 2 atom stereocenters. The van der Waals surface area contributed by atoms with Crippen LogP contribution in [0.15, 0.2) is 0 Å². The van der Waals surface area contributed by atoms with Crippen molar-refractivity contribution >= 4 is 5.91 Å². The molecule has 0 bridgehead atoms. The Kier molecular flexibility index (Phi) is 5.40. The molecule has 0 radical (unpaired) electrons. The summed E-state index contributed by atoms with van der Waals surface area (Å²) in [5.41, 5.74) is 0.311. The van der Waals surface area contributed by atoms with Gasteiger partial charge in [0.05, 0.1) is 6.07 Å². The summed E-state index contributed by atoms with van der Waals surface area (Å²) in [5, 5.41) is 9.15. The molecule has 0 spiro atoms. The van der Waals surface area contributed by atoms with Crippen LogP contribution >= 0.6 is 0 Å². The van der Waals surface area contributed by atoms with Crippen LogP contribution in [0.5, 0.6) is 0 Å². The van der Waals surface area contributed by atoms with Gasteiger partial charge in [-0.2, -0.15) is 5.26 Å². The Bertz CT molecular complexity index is 349. The summed E-state index contributed by atoms with van der Waals surface area (Å²) < 4.78 is 0. The number of carbonyl (C=O) groups is 1. The quantitative estimate of drug-likeness (QED) is 0.766. The lowest BCUT2D eigenvalue weighted by molar-refractivity contribution is -0.134. The van der Waals surface area contributed by atoms with Gasteiger partial charge in [0.2, 0.25) is 5.91 Å². The zero-order chi connectivity index (χ0) is 14.6. The first-order valence-corrected chi connectivity index (χ1v) is 7.45. The number of likely N-dealkylation sites (tertiary alicyclic amines) is 1. The molecule has 1 aliphatic rings. The van der Waals surface area contributed by atoms with Gasteiger partial charge in [0.25, 0.3) is 0 Å². The second-order valence-corrected chi connectivity index (χ2v) is 7.17. The summed E-state index contributed by atoms with van der Waals surface area (Å²) in [5.74, 6) is 0.322. The van der Waals surface area contributed by atoms with Crippen molar-refractivity contribution in [3.63, 3.8) is 0 Å². The highest BCUT2D eigenvalue weighted by Crippen LogP contribution is 2.34. The van der Waals surface area contributed by atoms with Crippen molar-refractivity contribution in [2.24, 2.45) is 23.2 Å². The number of hydrogen-bond donors (Lipinski definition) is 0. The number of hydrogen-bond acceptors (Lipinski definition) is 2. The fraction of sp³-hybridized carbons (Fsp3) is 0.875. The Morgan fingerprint density at radius 1 is 1.26 bits per heavy atom. The second-order valence-electron chi connectivity index (χ2n) is 7.17. The molecule has 0 aliphatic carbocycles. The number of nitrogens with zero attached hydrogens (tertiary/aromatic N) is 2. The average molecular weight is 264 g/mol. The molecule has 1 rings (SSSR count). The van der Waals surface area contributed by atoms with E-state index in [9.17, 15) is 4.79 Å². The van der Waals surface area contributed by atoms with Crippen LogP contribution in [0.3, 0.4) is 0 Å². The predicted molar refractivity (Wildman–Crippen MR) is 77.3 cm³/mol. The molecule has 1 heterocycles. The maximum atomic E-state index is 12.4. The van der Waals surface area contributed by atoms with E-state index in [2.05, 4.69) is 26.8 Å². The van der Waals surface area contributed by atoms with Crippen LogP contribution < -0.4 is 0 Å². The molecule has 0 aromatic carbocycles. The van der Waals surface area contributed by atoms with E-state index in [0.29, 0.717) is 11.3 Å². The maximum absolute atomic E-state index is 12.4. The molecule has 108 valence electrons. The Morgan fingerprint density at radius 3 is 2.37 bits per heavy atom. The molecule has 0 aromatic rings. The van der Waals surface area contributed by atoms with Crippen molar-refractivity contribution in [2.45, 2.75) is 53.9 Å². The zero-order valence-corrected chi connectivity index (χ0v) is 13.1. The first-order chi connectivity index (χ1) is 8.77. The van der Waals surface area contributed by atoms with Gasteiger partial charge in [-0.15, -0.1) is 0 Å². The van der Waals surface area contributed by atoms with Crippen LogP contribution in [-0.2, 0) is 4.79 Å². The molecule has 0 saturated carbocycles. The van der Waals surface area contributed by atoms with Crippen molar-refractivity contribution < 1.29 is 4.79 Å². The normalized spacial score (nSPS) is 22.8. The van der Waals surface area contributed by atoms with Crippen LogP contribution in [0.2, 0.25) is 0 Å². The summed E-state index contributed by atoms with van der Waals surface area (Å²) >= 11 is 0. The SMILES string of the molecule is CC(C)C(C#N)C(=O)N1CCCC(C(C)(C)C)CC1. The van der Waals surface area contributed by atoms with Crippen LogP contribution in [-0.4, -0.2) is 23.9 Å². The zero-order valence-electron chi connectivity index (χ0n) is 13.1. The minimum atomic E-state index is -0.480. The van der Waals surface area contributed by atoms with E-state index < -0.39 is 5.92 Å². The Balaban J connectivity index is 2.68. The Labute approximate surface area is 118 Å². The van der Waals surface area contributed by atoms with Gasteiger partial charge < -0.3 is 4.90 Å². The molecule has 1 aliphatic heterocycles. The van der Waals surface area contributed by atoms with Crippen molar-refractivity contribution in [3.05, 3.63) is 0 Å². The van der Waals surface area contributed by atoms with Gasteiger partial charge in [-0.05, 0) is 36.5 Å². The van der Waals surface area contributed by atoms with Crippen molar-refractivity contribution in [1.29, 1.82) is 5.26 Å². The third kappa shape index (κ3) is 4.23. The molecule has 2 unspecified atom stereocenters. The Morgan fingerprint density at radius 2 is 1.89 bits per heavy atom. The number of amides is 1. The van der Waals surface area contributed by atoms with Crippen LogP contribution in [0.25, 0.3) is 0 Å². The minimum Gasteiger partial charge on any atom is -0.342 e. The standard InChI is InChI=1S/C16H28N2O/c1-12(2)14(11-17)15(19)18-9-6-7-13(8-10-18)16(3,4)5/h12-14H,6-10H2,1-5H3. The number of rotatable bonds is 2. The van der Waals surface area contributed by atoms with Crippen molar-refractivity contribution in [1.82, 2.24) is 4.90 Å². The molecule has 19 heavy (non-hydrogen) atoms. The summed E-state index contributed by atoms with van der Waals surface area (Å²) in [6, 6.07) is 2.17. The fourth-order valence-electron chi connectivity index (χ4n) is 2.87. The van der Waals surface area contributed by atoms with Gasteiger partial charge in [-0.25, -0.2) is 0 Å². The van der Waals surface area contributed by atoms with Crippen molar-refractivity contribution in [3.8, 4) is 6.07 Å². The summed E-state index contributed by atoms with van der Waals surface area (Å²) in [4.78, 5) is 14.3. The van der Waals surface area contributed by atoms with E-state index in [1.165, 1.54) is 6.42 Å². The topological polar surface area (TPSA) is 44.1 Å². The predicted octanol–water partition coefficient (Wildman–Crippen LogP) is 3.46. The summed E-state index contributed by atoms with van der Waals surface area (Å²) in [6.07, 6.45) is 3.31. The van der Waals surface area contributed by atoms with Gasteiger partial charge in [0.1, 0.15) is 5.92 Å². The lowest BCUT2D eigenvalue weighted by Crippen LogP contribution is -2.38. The van der Waals surface area contributed by atoms with E-state index in [-0.39, 0.29) is 11.8 Å². The monoisotopic (exact) mass is 264 g/mol. The third-order valence-electron chi connectivity index (χ3n) is 4.34. The van der Waals surface area contributed by atoms with Gasteiger partial charge in [-0.1, -0.05) is 34.6 Å². The largest absolute Gasteiger partial charge is 0.342 e. The van der Waals surface area contributed by atoms with E-state index in [0.717, 1.165) is 25.9 Å². The molecule has 3 heteroatoms. The van der Waals surface area contributed by atoms with Gasteiger partial charge in [0.15, 0.2) is 0 Å². The molecule has 0 N–H and O–H groups in total. The molecule has 3 nitrogen and oxygen atoms in total. The van der Waals surface area contributed by atoms with E-state index in [1.54, 1.807) is 0 Å². The highest BCUT2D eigenvalue weighted by Gasteiger charge is 2.31. The molecule has 0 aromatic heterocycles. The highest BCUT2D eigenvalue weighted by molar-refractivity contribution is 5.81. The highest BCUT2D eigenvalue weighted by atomic mass is 16.2. The number of nitriles is 1. The van der Waals surface area contributed by atoms with Crippen LogP contribution in [0.4, 0.5) is 0 Å². The van der Waals surface area contributed by atoms with E-state index >= 15 is 0 Å². The minimum absolute atomic E-state index is 0.0343. The van der Waals surface area contributed by atoms with Gasteiger partial charge in [-0.3, -0.25) is 4.79 Å². The summed E-state index contributed by atoms with van der Waals surface area (Å²) in [6.45, 7) is 12.4. The first kappa shape index (κ1) is 16.0. The molecular weight excluding hydrogens is 236 g/mol. The van der Waals surface area contributed by atoms with Gasteiger partial charge >= 0.3 is 0 Å². The fourth-order valence-corrected chi connectivity index (χ4v) is 2.87. The van der Waals surface area contributed by atoms with Crippen LogP contribution in [0.1, 0.15) is 53.9 Å². The average Bonchev–Trinajstić information content (AvgIpc) is 2.53. The van der Waals surface area contributed by atoms with Crippen LogP contribution in [0, 0.1) is 34.5 Å². The second kappa shape index (κ2) is 6.41. The first-order valence-electron chi connectivity index (χ1n) is 7.45. The lowest BCUT2D eigenvalue weighted by Gasteiger charge is -2.30. The van der Waals surface area contributed by atoms with E-state index in [4.69, 9.17) is 5.26 Å². The lowest BCUT2D eigenvalue weighted by atomic mass is 9.77. The molecule has 1 fully saturated rings. The van der Waals surface area contributed by atoms with Crippen molar-refractivity contribution in [2.75, 3.05) is 13.1 Å². The third-order valence-corrected chi connectivity index (χ3v) is 4.34. The maximum Gasteiger partial charge on any atom is 0.240 e. The number of carbonyl (C=O) groups excluding carboxylic acids is 1. The Hall–Kier alpha value is -1.04. The molecule has 1 saturated heterocycles. The molecular formula is C16H28N2O. The molecule has 1 amide bonds.